The van der Waals surface area contributed by atoms with Crippen LogP contribution in [0.4, 0.5) is 5.95 Å². The van der Waals surface area contributed by atoms with Crippen LogP contribution in [0.3, 0.4) is 0 Å². The van der Waals surface area contributed by atoms with E-state index in [9.17, 15) is 14.7 Å². The predicted molar refractivity (Wildman–Crippen MR) is 134 cm³/mol. The second kappa shape index (κ2) is 9.90. The van der Waals surface area contributed by atoms with Gasteiger partial charge in [-0.2, -0.15) is 9.67 Å². The van der Waals surface area contributed by atoms with E-state index >= 15 is 0 Å². The molecule has 0 radical (unpaired) electrons. The second-order valence-corrected chi connectivity index (χ2v) is 9.79. The summed E-state index contributed by atoms with van der Waals surface area (Å²) in [5, 5.41) is 22.0. The van der Waals surface area contributed by atoms with Gasteiger partial charge in [-0.1, -0.05) is 5.21 Å². The van der Waals surface area contributed by atoms with Crippen LogP contribution in [0.2, 0.25) is 0 Å². The third-order valence-corrected chi connectivity index (χ3v) is 7.51. The summed E-state index contributed by atoms with van der Waals surface area (Å²) in [5.74, 6) is -0.539. The minimum atomic E-state index is -1.28. The van der Waals surface area contributed by atoms with Crippen molar-refractivity contribution < 1.29 is 19.4 Å². The minimum Gasteiger partial charge on any atom is -0.497 e. The molecule has 1 unspecified atom stereocenters. The summed E-state index contributed by atoms with van der Waals surface area (Å²) in [6.07, 6.45) is 2.68. The van der Waals surface area contributed by atoms with Crippen LogP contribution in [0.5, 0.6) is 5.75 Å². The third kappa shape index (κ3) is 4.67. The fraction of sp³-hybridized carbons (Fsp3) is 0.500. The molecule has 13 nitrogen and oxygen atoms in total. The van der Waals surface area contributed by atoms with E-state index in [2.05, 4.69) is 30.5 Å². The Morgan fingerprint density at radius 1 is 1.22 bits per heavy atom. The summed E-state index contributed by atoms with van der Waals surface area (Å²) in [7, 11) is 3.61. The van der Waals surface area contributed by atoms with Crippen molar-refractivity contribution in [3.8, 4) is 11.4 Å². The lowest BCUT2D eigenvalue weighted by atomic mass is 9.76. The number of benzene rings is 1. The number of aromatic nitrogens is 5. The molecule has 1 saturated carbocycles. The SMILES string of the molecule is COc1ccc(-n2nnc3cnc(N[C@@H]4CC[C@@](C(=O)O)(C(C(N)=O)N5CCN(C)CC5)C4)nc32)cc1. The maximum atomic E-state index is 12.6. The van der Waals surface area contributed by atoms with Crippen LogP contribution in [0.25, 0.3) is 16.9 Å². The smallest absolute Gasteiger partial charge is 0.311 e. The quantitative estimate of drug-likeness (QED) is 0.384. The number of fused-ring (bicyclic) bond motifs is 1. The second-order valence-electron chi connectivity index (χ2n) is 9.79. The zero-order chi connectivity index (χ0) is 26.2. The van der Waals surface area contributed by atoms with Gasteiger partial charge in [0.2, 0.25) is 11.9 Å². The highest BCUT2D eigenvalue weighted by molar-refractivity contribution is 5.89. The number of nitrogens with two attached hydrogens (primary N) is 1. The van der Waals surface area contributed by atoms with Crippen LogP contribution < -0.4 is 15.8 Å². The summed E-state index contributed by atoms with van der Waals surface area (Å²) in [6, 6.07) is 6.22. The maximum absolute atomic E-state index is 12.6. The summed E-state index contributed by atoms with van der Waals surface area (Å²) in [4.78, 5) is 38.3. The van der Waals surface area contributed by atoms with E-state index in [1.165, 1.54) is 0 Å². The fourth-order valence-electron chi connectivity index (χ4n) is 5.52. The van der Waals surface area contributed by atoms with Crippen LogP contribution in [-0.4, -0.2) is 104 Å². The molecule has 1 aliphatic heterocycles. The molecule has 1 saturated heterocycles. The molecule has 2 fully saturated rings. The van der Waals surface area contributed by atoms with Crippen molar-refractivity contribution in [2.24, 2.45) is 11.1 Å². The Bertz CT molecular complexity index is 1290. The minimum absolute atomic E-state index is 0.236. The summed E-state index contributed by atoms with van der Waals surface area (Å²) >= 11 is 0. The highest BCUT2D eigenvalue weighted by atomic mass is 16.5. The topological polar surface area (TPSA) is 165 Å². The van der Waals surface area contributed by atoms with E-state index in [0.29, 0.717) is 43.0 Å². The number of ether oxygens (including phenoxy) is 1. The van der Waals surface area contributed by atoms with Gasteiger partial charge in [-0.25, -0.2) is 4.98 Å². The molecule has 2 aliphatic rings. The Morgan fingerprint density at radius 3 is 2.59 bits per heavy atom. The lowest BCUT2D eigenvalue weighted by Gasteiger charge is -2.43. The number of likely N-dealkylation sites (N-methyl/N-ethyl adjacent to an activating group) is 1. The first-order valence-electron chi connectivity index (χ1n) is 12.3. The molecule has 1 aliphatic carbocycles. The van der Waals surface area contributed by atoms with Crippen LogP contribution >= 0.6 is 0 Å². The Hall–Kier alpha value is -3.84. The van der Waals surface area contributed by atoms with E-state index in [0.717, 1.165) is 24.5 Å². The molecular weight excluding hydrogens is 478 g/mol. The van der Waals surface area contributed by atoms with Gasteiger partial charge in [-0.3, -0.25) is 14.5 Å². The molecule has 3 aromatic rings. The number of carbonyl (C=O) groups is 2. The maximum Gasteiger partial charge on any atom is 0.311 e. The summed E-state index contributed by atoms with van der Waals surface area (Å²) in [5.41, 5.74) is 6.33. The molecule has 0 bridgehead atoms. The van der Waals surface area contributed by atoms with Gasteiger partial charge in [-0.05, 0) is 50.6 Å². The van der Waals surface area contributed by atoms with Crippen molar-refractivity contribution >= 4 is 29.0 Å². The zero-order valence-corrected chi connectivity index (χ0v) is 20.9. The molecule has 37 heavy (non-hydrogen) atoms. The highest BCUT2D eigenvalue weighted by Crippen LogP contribution is 2.44. The number of aliphatic carboxylic acids is 1. The Balaban J connectivity index is 1.37. The average Bonchev–Trinajstić information content (AvgIpc) is 3.50. The molecule has 2 aromatic heterocycles. The number of hydrogen-bond donors (Lipinski definition) is 3. The number of primary amides is 1. The number of carboxylic acids is 1. The van der Waals surface area contributed by atoms with Crippen molar-refractivity contribution in [1.82, 2.24) is 34.8 Å². The van der Waals surface area contributed by atoms with Gasteiger partial charge in [0.15, 0.2) is 11.2 Å². The number of amides is 1. The largest absolute Gasteiger partial charge is 0.497 e. The van der Waals surface area contributed by atoms with Crippen molar-refractivity contribution in [3.05, 3.63) is 30.5 Å². The Morgan fingerprint density at radius 2 is 1.95 bits per heavy atom. The monoisotopic (exact) mass is 509 g/mol. The summed E-state index contributed by atoms with van der Waals surface area (Å²) < 4.78 is 6.82. The zero-order valence-electron chi connectivity index (χ0n) is 20.9. The van der Waals surface area contributed by atoms with Gasteiger partial charge in [0.25, 0.3) is 0 Å². The lowest BCUT2D eigenvalue weighted by Crippen LogP contribution is -2.61. The first-order valence-corrected chi connectivity index (χ1v) is 12.3. The van der Waals surface area contributed by atoms with Crippen LogP contribution in [0.1, 0.15) is 19.3 Å². The van der Waals surface area contributed by atoms with E-state index in [4.69, 9.17) is 10.5 Å². The molecular formula is C24H31N9O4. The van der Waals surface area contributed by atoms with Gasteiger partial charge in [0.05, 0.1) is 24.4 Å². The molecule has 0 spiro atoms. The molecule has 3 heterocycles. The van der Waals surface area contributed by atoms with E-state index in [1.807, 2.05) is 36.2 Å². The number of anilines is 1. The third-order valence-electron chi connectivity index (χ3n) is 7.51. The summed E-state index contributed by atoms with van der Waals surface area (Å²) in [6.45, 7) is 2.70. The van der Waals surface area contributed by atoms with E-state index in [1.54, 1.807) is 18.0 Å². The van der Waals surface area contributed by atoms with E-state index < -0.39 is 23.3 Å². The average molecular weight is 510 g/mol. The van der Waals surface area contributed by atoms with Crippen molar-refractivity contribution in [1.29, 1.82) is 0 Å². The van der Waals surface area contributed by atoms with Gasteiger partial charge in [-0.15, -0.1) is 5.10 Å². The first kappa shape index (κ1) is 24.8. The van der Waals surface area contributed by atoms with Crippen LogP contribution in [0.15, 0.2) is 30.5 Å². The molecule has 3 atom stereocenters. The van der Waals surface area contributed by atoms with Crippen LogP contribution in [0, 0.1) is 5.41 Å². The number of carbonyl (C=O) groups excluding carboxylic acids is 1. The number of carboxylic acid groups (broad SMARTS) is 1. The Kier molecular flexibility index (Phi) is 6.65. The van der Waals surface area contributed by atoms with Gasteiger partial charge < -0.3 is 25.8 Å². The van der Waals surface area contributed by atoms with Crippen molar-refractivity contribution in [3.63, 3.8) is 0 Å². The number of piperazine rings is 1. The predicted octanol–water partition coefficient (Wildman–Crippen LogP) is 0.356. The number of nitrogens with one attached hydrogen (secondary N) is 1. The first-order chi connectivity index (χ1) is 17.8. The lowest BCUT2D eigenvalue weighted by molar-refractivity contribution is -0.158. The van der Waals surface area contributed by atoms with E-state index in [-0.39, 0.29) is 12.5 Å². The molecule has 4 N–H and O–H groups in total. The Labute approximate surface area is 213 Å². The number of methoxy groups -OCH3 is 1. The van der Waals surface area contributed by atoms with Crippen LogP contribution in [-0.2, 0) is 9.59 Å². The van der Waals surface area contributed by atoms with Crippen molar-refractivity contribution in [2.75, 3.05) is 45.7 Å². The fourth-order valence-corrected chi connectivity index (χ4v) is 5.52. The molecule has 1 aromatic carbocycles. The molecule has 13 heteroatoms. The number of rotatable bonds is 8. The molecule has 5 rings (SSSR count). The van der Waals surface area contributed by atoms with Gasteiger partial charge >= 0.3 is 5.97 Å². The van der Waals surface area contributed by atoms with Gasteiger partial charge in [0.1, 0.15) is 11.8 Å². The molecule has 196 valence electrons. The highest BCUT2D eigenvalue weighted by Gasteiger charge is 2.55. The van der Waals surface area contributed by atoms with Gasteiger partial charge in [0, 0.05) is 32.2 Å². The van der Waals surface area contributed by atoms with Crippen molar-refractivity contribution in [2.45, 2.75) is 31.3 Å². The number of hydrogen-bond acceptors (Lipinski definition) is 10. The normalized spacial score (nSPS) is 23.7. The number of nitrogens with zero attached hydrogens (tertiary/aromatic N) is 7. The standard InChI is InChI=1S/C24H31N9O4/c1-31-9-11-32(12-10-31)19(20(25)34)24(22(35)36)8-7-15(13-24)27-23-26-14-18-21(28-23)33(30-29-18)16-3-5-17(37-2)6-4-16/h3-6,14-15,19H,7-13H2,1-2H3,(H2,25,34)(H,35,36)(H,26,27,28)/t15-,19?,24+/m1/s1. The molecule has 1 amide bonds.